The minimum Gasteiger partial charge on any atom is -0.478 e. The molecule has 92 valence electrons. The number of hydrogen-bond acceptors (Lipinski definition) is 3. The number of hydrogen-bond donors (Lipinski definition) is 2. The van der Waals surface area contributed by atoms with Crippen LogP contribution in [0, 0.1) is 6.92 Å². The predicted molar refractivity (Wildman–Crippen MR) is 73.1 cm³/mol. The van der Waals surface area contributed by atoms with Crippen LogP contribution >= 0.6 is 11.8 Å². The number of benzene rings is 2. The Balaban J connectivity index is 2.30. The fraction of sp³-hybridized carbons (Fsp3) is 0.0714. The standard InChI is InChI=1S/C14H13NO2S/c1-9-4-2-3-5-12(9)18-13-7-6-10(14(16)17)8-11(13)15/h2-8H,15H2,1H3,(H,16,17). The molecular weight excluding hydrogens is 246 g/mol. The van der Waals surface area contributed by atoms with E-state index in [-0.39, 0.29) is 5.56 Å². The van der Waals surface area contributed by atoms with Gasteiger partial charge in [-0.3, -0.25) is 0 Å². The van der Waals surface area contributed by atoms with Crippen molar-refractivity contribution >= 4 is 23.4 Å². The van der Waals surface area contributed by atoms with Crippen LogP contribution in [-0.4, -0.2) is 11.1 Å². The first kappa shape index (κ1) is 12.5. The number of aromatic carboxylic acids is 1. The van der Waals surface area contributed by atoms with E-state index in [1.165, 1.54) is 11.6 Å². The highest BCUT2D eigenvalue weighted by Gasteiger charge is 2.08. The third kappa shape index (κ3) is 2.65. The molecule has 4 heteroatoms. The molecular formula is C14H13NO2S. The SMILES string of the molecule is Cc1ccccc1Sc1ccc(C(=O)O)cc1N. The molecule has 0 saturated carbocycles. The summed E-state index contributed by atoms with van der Waals surface area (Å²) in [6, 6.07) is 12.8. The van der Waals surface area contributed by atoms with Gasteiger partial charge >= 0.3 is 5.97 Å². The molecule has 18 heavy (non-hydrogen) atoms. The molecule has 2 aromatic carbocycles. The fourth-order valence-corrected chi connectivity index (χ4v) is 2.49. The lowest BCUT2D eigenvalue weighted by Gasteiger charge is -2.08. The number of rotatable bonds is 3. The second kappa shape index (κ2) is 5.14. The van der Waals surface area contributed by atoms with Crippen molar-refractivity contribution < 1.29 is 9.90 Å². The third-order valence-electron chi connectivity index (χ3n) is 2.57. The molecule has 0 amide bonds. The van der Waals surface area contributed by atoms with E-state index in [1.54, 1.807) is 23.9 Å². The average molecular weight is 259 g/mol. The molecule has 0 aliphatic carbocycles. The summed E-state index contributed by atoms with van der Waals surface area (Å²) >= 11 is 1.54. The topological polar surface area (TPSA) is 63.3 Å². The zero-order chi connectivity index (χ0) is 13.1. The predicted octanol–water partition coefficient (Wildman–Crippen LogP) is 3.43. The van der Waals surface area contributed by atoms with Gasteiger partial charge in [-0.15, -0.1) is 0 Å². The minimum absolute atomic E-state index is 0.210. The molecule has 0 atom stereocenters. The van der Waals surface area contributed by atoms with Crippen LogP contribution in [0.1, 0.15) is 15.9 Å². The molecule has 0 bridgehead atoms. The lowest BCUT2D eigenvalue weighted by molar-refractivity contribution is 0.0697. The van der Waals surface area contributed by atoms with Crippen molar-refractivity contribution in [1.82, 2.24) is 0 Å². The molecule has 2 rings (SSSR count). The summed E-state index contributed by atoms with van der Waals surface area (Å²) in [5.41, 5.74) is 7.74. The molecule has 0 spiro atoms. The molecule has 0 aliphatic rings. The highest BCUT2D eigenvalue weighted by molar-refractivity contribution is 7.99. The molecule has 0 radical (unpaired) electrons. The monoisotopic (exact) mass is 259 g/mol. The summed E-state index contributed by atoms with van der Waals surface area (Å²) in [5, 5.41) is 8.87. The lowest BCUT2D eigenvalue weighted by atomic mass is 10.2. The van der Waals surface area contributed by atoms with E-state index in [4.69, 9.17) is 10.8 Å². The number of nitrogen functional groups attached to an aromatic ring is 1. The summed E-state index contributed by atoms with van der Waals surface area (Å²) in [7, 11) is 0. The fourth-order valence-electron chi connectivity index (χ4n) is 1.56. The zero-order valence-electron chi connectivity index (χ0n) is 9.88. The largest absolute Gasteiger partial charge is 0.478 e. The number of anilines is 1. The average Bonchev–Trinajstić information content (AvgIpc) is 2.34. The van der Waals surface area contributed by atoms with E-state index in [0.29, 0.717) is 5.69 Å². The molecule has 3 nitrogen and oxygen atoms in total. The maximum Gasteiger partial charge on any atom is 0.335 e. The van der Waals surface area contributed by atoms with Crippen molar-refractivity contribution in [3.8, 4) is 0 Å². The van der Waals surface area contributed by atoms with Crippen LogP contribution in [0.5, 0.6) is 0 Å². The second-order valence-corrected chi connectivity index (χ2v) is 5.01. The number of carboxylic acids is 1. The van der Waals surface area contributed by atoms with Gasteiger partial charge in [0.15, 0.2) is 0 Å². The number of carboxylic acid groups (broad SMARTS) is 1. The first-order chi connectivity index (χ1) is 8.58. The first-order valence-electron chi connectivity index (χ1n) is 5.44. The number of aryl methyl sites for hydroxylation is 1. The van der Waals surface area contributed by atoms with E-state index in [0.717, 1.165) is 9.79 Å². The zero-order valence-corrected chi connectivity index (χ0v) is 10.7. The summed E-state index contributed by atoms with van der Waals surface area (Å²) in [6.45, 7) is 2.03. The summed E-state index contributed by atoms with van der Waals surface area (Å²) in [5.74, 6) is -0.964. The summed E-state index contributed by atoms with van der Waals surface area (Å²) in [4.78, 5) is 12.8. The van der Waals surface area contributed by atoms with Gasteiger partial charge in [0.2, 0.25) is 0 Å². The van der Waals surface area contributed by atoms with Gasteiger partial charge in [0, 0.05) is 15.5 Å². The lowest BCUT2D eigenvalue weighted by Crippen LogP contribution is -1.98. The maximum atomic E-state index is 10.8. The number of nitrogens with two attached hydrogens (primary N) is 1. The summed E-state index contributed by atoms with van der Waals surface area (Å²) < 4.78 is 0. The van der Waals surface area contributed by atoms with E-state index in [9.17, 15) is 4.79 Å². The van der Waals surface area contributed by atoms with E-state index < -0.39 is 5.97 Å². The van der Waals surface area contributed by atoms with Crippen molar-refractivity contribution in [3.05, 3.63) is 53.6 Å². The Labute approximate surface area is 110 Å². The highest BCUT2D eigenvalue weighted by atomic mass is 32.2. The van der Waals surface area contributed by atoms with Crippen LogP contribution in [0.15, 0.2) is 52.3 Å². The first-order valence-corrected chi connectivity index (χ1v) is 6.26. The van der Waals surface area contributed by atoms with Gasteiger partial charge in [-0.1, -0.05) is 30.0 Å². The van der Waals surface area contributed by atoms with Crippen LogP contribution < -0.4 is 5.73 Å². The molecule has 0 heterocycles. The molecule has 0 fully saturated rings. The van der Waals surface area contributed by atoms with Crippen LogP contribution in [0.4, 0.5) is 5.69 Å². The van der Waals surface area contributed by atoms with Crippen molar-refractivity contribution in [2.45, 2.75) is 16.7 Å². The Morgan fingerprint density at radius 1 is 1.17 bits per heavy atom. The molecule has 0 saturated heterocycles. The summed E-state index contributed by atoms with van der Waals surface area (Å²) in [6.07, 6.45) is 0. The van der Waals surface area contributed by atoms with E-state index >= 15 is 0 Å². The van der Waals surface area contributed by atoms with Crippen LogP contribution in [0.2, 0.25) is 0 Å². The van der Waals surface area contributed by atoms with Gasteiger partial charge in [0.25, 0.3) is 0 Å². The molecule has 0 unspecified atom stereocenters. The quantitative estimate of drug-likeness (QED) is 0.829. The second-order valence-electron chi connectivity index (χ2n) is 3.93. The Hall–Kier alpha value is -1.94. The van der Waals surface area contributed by atoms with Crippen LogP contribution in [0.25, 0.3) is 0 Å². The van der Waals surface area contributed by atoms with Gasteiger partial charge in [0.05, 0.1) is 5.56 Å². The van der Waals surface area contributed by atoms with Gasteiger partial charge in [0.1, 0.15) is 0 Å². The third-order valence-corrected chi connectivity index (χ3v) is 3.84. The van der Waals surface area contributed by atoms with Gasteiger partial charge in [-0.25, -0.2) is 4.79 Å². The van der Waals surface area contributed by atoms with Crippen LogP contribution in [-0.2, 0) is 0 Å². The molecule has 0 aromatic heterocycles. The number of carbonyl (C=O) groups is 1. The van der Waals surface area contributed by atoms with Crippen molar-refractivity contribution in [2.75, 3.05) is 5.73 Å². The Bertz CT molecular complexity index is 596. The Morgan fingerprint density at radius 2 is 1.89 bits per heavy atom. The van der Waals surface area contributed by atoms with Crippen molar-refractivity contribution in [3.63, 3.8) is 0 Å². The molecule has 2 aromatic rings. The maximum absolute atomic E-state index is 10.8. The Kier molecular flexibility index (Phi) is 3.58. The molecule has 0 aliphatic heterocycles. The van der Waals surface area contributed by atoms with Gasteiger partial charge in [-0.2, -0.15) is 0 Å². The molecule has 3 N–H and O–H groups in total. The normalized spacial score (nSPS) is 10.3. The smallest absolute Gasteiger partial charge is 0.335 e. The van der Waals surface area contributed by atoms with Crippen molar-refractivity contribution in [1.29, 1.82) is 0 Å². The van der Waals surface area contributed by atoms with E-state index in [2.05, 4.69) is 0 Å². The van der Waals surface area contributed by atoms with Gasteiger partial charge in [-0.05, 0) is 36.8 Å². The highest BCUT2D eigenvalue weighted by Crippen LogP contribution is 2.34. The van der Waals surface area contributed by atoms with E-state index in [1.807, 2.05) is 31.2 Å². The van der Waals surface area contributed by atoms with Crippen molar-refractivity contribution in [2.24, 2.45) is 0 Å². The Morgan fingerprint density at radius 3 is 2.50 bits per heavy atom. The minimum atomic E-state index is -0.964. The van der Waals surface area contributed by atoms with Gasteiger partial charge < -0.3 is 10.8 Å². The van der Waals surface area contributed by atoms with Crippen LogP contribution in [0.3, 0.4) is 0 Å².